The van der Waals surface area contributed by atoms with Crippen molar-refractivity contribution < 1.29 is 4.79 Å². The third kappa shape index (κ3) is 4.36. The van der Waals surface area contributed by atoms with E-state index in [1.807, 2.05) is 25.1 Å². The number of hydrogen-bond acceptors (Lipinski definition) is 1. The van der Waals surface area contributed by atoms with Crippen LogP contribution in [0, 0.1) is 12.3 Å². The molecule has 0 saturated heterocycles. The minimum atomic E-state index is 0.0499. The molecule has 0 amide bonds. The summed E-state index contributed by atoms with van der Waals surface area (Å²) >= 11 is 6.09. The van der Waals surface area contributed by atoms with Gasteiger partial charge in [-0.3, -0.25) is 4.79 Å². The van der Waals surface area contributed by atoms with E-state index in [0.717, 1.165) is 11.1 Å². The van der Waals surface area contributed by atoms with Crippen molar-refractivity contribution in [3.8, 4) is 0 Å². The number of benzene rings is 1. The zero-order chi connectivity index (χ0) is 12.3. The molecule has 0 aromatic heterocycles. The minimum Gasteiger partial charge on any atom is -0.299 e. The molecular formula is C14H19ClO. The highest BCUT2D eigenvalue weighted by Crippen LogP contribution is 2.23. The second-order valence-electron chi connectivity index (χ2n) is 5.55. The molecule has 1 nitrogen and oxygen atoms in total. The Morgan fingerprint density at radius 2 is 1.94 bits per heavy atom. The lowest BCUT2D eigenvalue weighted by Gasteiger charge is -2.16. The zero-order valence-corrected chi connectivity index (χ0v) is 11.2. The van der Waals surface area contributed by atoms with Crippen molar-refractivity contribution in [1.82, 2.24) is 0 Å². The number of hydrogen-bond donors (Lipinski definition) is 0. The summed E-state index contributed by atoms with van der Waals surface area (Å²) in [6.45, 7) is 8.21. The minimum absolute atomic E-state index is 0.0499. The summed E-state index contributed by atoms with van der Waals surface area (Å²) in [7, 11) is 0. The van der Waals surface area contributed by atoms with Crippen molar-refractivity contribution >= 4 is 17.4 Å². The van der Waals surface area contributed by atoms with Crippen LogP contribution in [-0.2, 0) is 11.2 Å². The van der Waals surface area contributed by atoms with Crippen LogP contribution < -0.4 is 0 Å². The van der Waals surface area contributed by atoms with E-state index in [4.69, 9.17) is 11.6 Å². The molecule has 0 N–H and O–H groups in total. The molecule has 0 unspecified atom stereocenters. The summed E-state index contributed by atoms with van der Waals surface area (Å²) in [5.74, 6) is 0.248. The van der Waals surface area contributed by atoms with Crippen LogP contribution in [0.1, 0.15) is 38.3 Å². The van der Waals surface area contributed by atoms with Gasteiger partial charge in [0.1, 0.15) is 5.78 Å². The van der Waals surface area contributed by atoms with E-state index in [2.05, 4.69) is 20.8 Å². The largest absolute Gasteiger partial charge is 0.299 e. The third-order valence-corrected chi connectivity index (χ3v) is 2.68. The molecule has 0 aliphatic heterocycles. The summed E-state index contributed by atoms with van der Waals surface area (Å²) < 4.78 is 0. The molecule has 0 aliphatic rings. The van der Waals surface area contributed by atoms with Gasteiger partial charge in [0.15, 0.2) is 0 Å². The lowest BCUT2D eigenvalue weighted by molar-refractivity contribution is -0.120. The van der Waals surface area contributed by atoms with Crippen LogP contribution in [0.15, 0.2) is 18.2 Å². The molecule has 2 heteroatoms. The first-order valence-electron chi connectivity index (χ1n) is 5.55. The molecule has 0 bridgehead atoms. The Morgan fingerprint density at radius 3 is 2.44 bits per heavy atom. The number of carbonyl (C=O) groups excluding carboxylic acids is 1. The van der Waals surface area contributed by atoms with Gasteiger partial charge in [0.25, 0.3) is 0 Å². The first-order chi connectivity index (χ1) is 7.28. The number of halogens is 1. The Balaban J connectivity index is 2.70. The van der Waals surface area contributed by atoms with E-state index >= 15 is 0 Å². The Hall–Kier alpha value is -0.820. The van der Waals surface area contributed by atoms with Crippen LogP contribution >= 0.6 is 11.6 Å². The number of aryl methyl sites for hydroxylation is 1. The fraction of sp³-hybridized carbons (Fsp3) is 0.500. The van der Waals surface area contributed by atoms with Crippen molar-refractivity contribution in [1.29, 1.82) is 0 Å². The van der Waals surface area contributed by atoms with Crippen LogP contribution in [0.3, 0.4) is 0 Å². The molecule has 0 aliphatic carbocycles. The molecule has 0 fully saturated rings. The maximum Gasteiger partial charge on any atom is 0.137 e. The molecule has 0 atom stereocenters. The fourth-order valence-electron chi connectivity index (χ4n) is 1.66. The van der Waals surface area contributed by atoms with E-state index in [-0.39, 0.29) is 11.2 Å². The van der Waals surface area contributed by atoms with Crippen LogP contribution in [0.2, 0.25) is 5.02 Å². The van der Waals surface area contributed by atoms with Gasteiger partial charge in [-0.25, -0.2) is 0 Å². The molecule has 16 heavy (non-hydrogen) atoms. The quantitative estimate of drug-likeness (QED) is 0.772. The maximum absolute atomic E-state index is 11.8. The standard InChI is InChI=1S/C14H19ClO/c1-10-5-6-11(13(15)7-10)8-12(16)9-14(2,3)4/h5-7H,8-9H2,1-4H3. The van der Waals surface area contributed by atoms with Crippen LogP contribution in [0.4, 0.5) is 0 Å². The van der Waals surface area contributed by atoms with Crippen LogP contribution in [0.5, 0.6) is 0 Å². The van der Waals surface area contributed by atoms with Crippen molar-refractivity contribution in [3.05, 3.63) is 34.3 Å². The van der Waals surface area contributed by atoms with E-state index in [9.17, 15) is 4.79 Å². The van der Waals surface area contributed by atoms with Gasteiger partial charge < -0.3 is 0 Å². The Bertz CT molecular complexity index is 388. The number of rotatable bonds is 3. The third-order valence-electron chi connectivity index (χ3n) is 2.32. The van der Waals surface area contributed by atoms with E-state index in [0.29, 0.717) is 17.9 Å². The van der Waals surface area contributed by atoms with E-state index in [1.165, 1.54) is 0 Å². The summed E-state index contributed by atoms with van der Waals surface area (Å²) in [4.78, 5) is 11.8. The summed E-state index contributed by atoms with van der Waals surface area (Å²) in [5.41, 5.74) is 2.10. The van der Waals surface area contributed by atoms with Gasteiger partial charge >= 0.3 is 0 Å². The first-order valence-corrected chi connectivity index (χ1v) is 5.92. The lowest BCUT2D eigenvalue weighted by Crippen LogP contribution is -2.14. The normalized spacial score (nSPS) is 11.6. The van der Waals surface area contributed by atoms with Gasteiger partial charge in [0.05, 0.1) is 0 Å². The van der Waals surface area contributed by atoms with Crippen LogP contribution in [-0.4, -0.2) is 5.78 Å². The molecule has 0 saturated carbocycles. The number of carbonyl (C=O) groups is 1. The van der Waals surface area contributed by atoms with Gasteiger partial charge in [-0.2, -0.15) is 0 Å². The SMILES string of the molecule is Cc1ccc(CC(=O)CC(C)(C)C)c(Cl)c1. The second kappa shape index (κ2) is 5.01. The van der Waals surface area contributed by atoms with Gasteiger partial charge in [0, 0.05) is 17.9 Å². The average molecular weight is 239 g/mol. The van der Waals surface area contributed by atoms with Gasteiger partial charge in [-0.1, -0.05) is 44.5 Å². The highest BCUT2D eigenvalue weighted by molar-refractivity contribution is 6.31. The Morgan fingerprint density at radius 1 is 1.31 bits per heavy atom. The monoisotopic (exact) mass is 238 g/mol. The smallest absolute Gasteiger partial charge is 0.137 e. The predicted molar refractivity (Wildman–Crippen MR) is 69.0 cm³/mol. The highest BCUT2D eigenvalue weighted by Gasteiger charge is 2.16. The molecule has 1 rings (SSSR count). The first kappa shape index (κ1) is 13.2. The average Bonchev–Trinajstić information content (AvgIpc) is 2.06. The molecule has 88 valence electrons. The fourth-order valence-corrected chi connectivity index (χ4v) is 1.96. The number of Topliss-reactive ketones (excluding diaryl/α,β-unsaturated/α-hetero) is 1. The predicted octanol–water partition coefficient (Wildman–Crippen LogP) is 4.20. The van der Waals surface area contributed by atoms with E-state index < -0.39 is 0 Å². The molecule has 0 radical (unpaired) electrons. The number of ketones is 1. The Kier molecular flexibility index (Phi) is 4.15. The van der Waals surface area contributed by atoms with Gasteiger partial charge in [0.2, 0.25) is 0 Å². The molecule has 0 spiro atoms. The second-order valence-corrected chi connectivity index (χ2v) is 5.95. The Labute approximate surface area is 103 Å². The van der Waals surface area contributed by atoms with E-state index in [1.54, 1.807) is 0 Å². The molecule has 0 heterocycles. The summed E-state index contributed by atoms with van der Waals surface area (Å²) in [6, 6.07) is 5.84. The lowest BCUT2D eigenvalue weighted by atomic mass is 9.88. The van der Waals surface area contributed by atoms with Gasteiger partial charge in [-0.05, 0) is 29.5 Å². The van der Waals surface area contributed by atoms with Gasteiger partial charge in [-0.15, -0.1) is 0 Å². The maximum atomic E-state index is 11.8. The highest BCUT2D eigenvalue weighted by atomic mass is 35.5. The topological polar surface area (TPSA) is 17.1 Å². The van der Waals surface area contributed by atoms with Crippen molar-refractivity contribution in [2.45, 2.75) is 40.5 Å². The van der Waals surface area contributed by atoms with Crippen molar-refractivity contribution in [3.63, 3.8) is 0 Å². The zero-order valence-electron chi connectivity index (χ0n) is 10.4. The van der Waals surface area contributed by atoms with Crippen LogP contribution in [0.25, 0.3) is 0 Å². The van der Waals surface area contributed by atoms with Crippen molar-refractivity contribution in [2.75, 3.05) is 0 Å². The molecular weight excluding hydrogens is 220 g/mol. The van der Waals surface area contributed by atoms with Crippen molar-refractivity contribution in [2.24, 2.45) is 5.41 Å². The summed E-state index contributed by atoms with van der Waals surface area (Å²) in [5, 5.41) is 0.697. The summed E-state index contributed by atoms with van der Waals surface area (Å²) in [6.07, 6.45) is 1.04. The molecule has 1 aromatic carbocycles. The molecule has 1 aromatic rings.